The maximum Gasteiger partial charge on any atom is 0.129 e. The first-order valence-electron chi connectivity index (χ1n) is 6.05. The maximum atomic E-state index is 13.7. The smallest absolute Gasteiger partial charge is 0.129 e. The van der Waals surface area contributed by atoms with Gasteiger partial charge in [-0.15, -0.1) is 0 Å². The first kappa shape index (κ1) is 13.8. The molecule has 0 fully saturated rings. The molecule has 0 saturated carbocycles. The second-order valence-corrected chi connectivity index (χ2v) is 4.86. The Hall–Kier alpha value is -1.58. The lowest BCUT2D eigenvalue weighted by atomic mass is 10.1. The molecular weight excluding hydrogens is 263 g/mol. The van der Waals surface area contributed by atoms with E-state index in [9.17, 15) is 4.39 Å². The van der Waals surface area contributed by atoms with Gasteiger partial charge < -0.3 is 10.6 Å². The Balaban J connectivity index is 2.22. The third kappa shape index (κ3) is 3.25. The summed E-state index contributed by atoms with van der Waals surface area (Å²) in [6, 6.07) is 12.6. The Kier molecular flexibility index (Phi) is 4.40. The Labute approximate surface area is 117 Å². The van der Waals surface area contributed by atoms with Crippen LogP contribution in [0.1, 0.15) is 11.1 Å². The Morgan fingerprint density at radius 1 is 1.16 bits per heavy atom. The fraction of sp³-hybridized carbons (Fsp3) is 0.200. The van der Waals surface area contributed by atoms with Crippen molar-refractivity contribution < 1.29 is 4.39 Å². The molecule has 0 radical (unpaired) electrons. The summed E-state index contributed by atoms with van der Waals surface area (Å²) in [6.45, 7) is 0.862. The predicted molar refractivity (Wildman–Crippen MR) is 77.9 cm³/mol. The molecule has 0 heterocycles. The van der Waals surface area contributed by atoms with Crippen molar-refractivity contribution >= 4 is 17.3 Å². The van der Waals surface area contributed by atoms with Gasteiger partial charge in [0.15, 0.2) is 0 Å². The predicted octanol–water partition coefficient (Wildman–Crippen LogP) is 3.57. The average molecular weight is 279 g/mol. The topological polar surface area (TPSA) is 29.3 Å². The zero-order valence-electron chi connectivity index (χ0n) is 10.7. The molecule has 0 bridgehead atoms. The summed E-state index contributed by atoms with van der Waals surface area (Å²) in [6.07, 6.45) is 0. The molecule has 0 saturated heterocycles. The molecule has 4 heteroatoms. The van der Waals surface area contributed by atoms with Crippen LogP contribution in [-0.2, 0) is 13.1 Å². The molecule has 0 atom stereocenters. The summed E-state index contributed by atoms with van der Waals surface area (Å²) in [5.74, 6) is -0.261. The van der Waals surface area contributed by atoms with Gasteiger partial charge in [0.1, 0.15) is 5.82 Å². The summed E-state index contributed by atoms with van der Waals surface area (Å²) in [4.78, 5) is 1.98. The van der Waals surface area contributed by atoms with Crippen molar-refractivity contribution in [3.8, 4) is 0 Å². The quantitative estimate of drug-likeness (QED) is 0.926. The van der Waals surface area contributed by atoms with Crippen molar-refractivity contribution in [2.75, 3.05) is 11.9 Å². The van der Waals surface area contributed by atoms with Crippen LogP contribution in [0.15, 0.2) is 42.5 Å². The van der Waals surface area contributed by atoms with E-state index in [0.717, 1.165) is 11.3 Å². The maximum absolute atomic E-state index is 13.7. The monoisotopic (exact) mass is 278 g/mol. The molecule has 0 aliphatic heterocycles. The largest absolute Gasteiger partial charge is 0.370 e. The molecule has 2 rings (SSSR count). The van der Waals surface area contributed by atoms with Crippen LogP contribution in [0.3, 0.4) is 0 Å². The lowest BCUT2D eigenvalue weighted by molar-refractivity contribution is 0.609. The lowest BCUT2D eigenvalue weighted by Gasteiger charge is -2.22. The Morgan fingerprint density at radius 3 is 2.47 bits per heavy atom. The highest BCUT2D eigenvalue weighted by Crippen LogP contribution is 2.23. The number of hydrogen-bond acceptors (Lipinski definition) is 2. The third-order valence-electron chi connectivity index (χ3n) is 3.04. The van der Waals surface area contributed by atoms with Crippen LogP contribution < -0.4 is 10.6 Å². The van der Waals surface area contributed by atoms with E-state index in [1.165, 1.54) is 6.07 Å². The van der Waals surface area contributed by atoms with Crippen molar-refractivity contribution in [1.82, 2.24) is 0 Å². The number of halogens is 2. The number of benzene rings is 2. The van der Waals surface area contributed by atoms with Crippen molar-refractivity contribution in [3.63, 3.8) is 0 Å². The normalized spacial score (nSPS) is 10.5. The van der Waals surface area contributed by atoms with E-state index in [4.69, 9.17) is 17.3 Å². The van der Waals surface area contributed by atoms with Gasteiger partial charge in [0.2, 0.25) is 0 Å². The first-order valence-corrected chi connectivity index (χ1v) is 6.42. The van der Waals surface area contributed by atoms with E-state index in [1.807, 2.05) is 42.3 Å². The molecule has 19 heavy (non-hydrogen) atoms. The summed E-state index contributed by atoms with van der Waals surface area (Å²) in [7, 11) is 1.92. The molecule has 0 spiro atoms. The first-order chi connectivity index (χ1) is 9.11. The molecule has 2 aromatic carbocycles. The van der Waals surface area contributed by atoms with E-state index in [1.54, 1.807) is 6.07 Å². The van der Waals surface area contributed by atoms with Crippen LogP contribution in [0.4, 0.5) is 10.1 Å². The van der Waals surface area contributed by atoms with Crippen molar-refractivity contribution in [3.05, 3.63) is 64.4 Å². The molecule has 0 aromatic heterocycles. The highest BCUT2D eigenvalue weighted by Gasteiger charge is 2.10. The zero-order valence-corrected chi connectivity index (χ0v) is 11.5. The van der Waals surface area contributed by atoms with Gasteiger partial charge in [-0.05, 0) is 29.8 Å². The lowest BCUT2D eigenvalue weighted by Crippen LogP contribution is -2.19. The molecule has 0 amide bonds. The van der Waals surface area contributed by atoms with Gasteiger partial charge in [0.25, 0.3) is 0 Å². The second-order valence-electron chi connectivity index (χ2n) is 4.42. The number of hydrogen-bond donors (Lipinski definition) is 1. The van der Waals surface area contributed by atoms with E-state index in [0.29, 0.717) is 17.1 Å². The Morgan fingerprint density at radius 2 is 1.84 bits per heavy atom. The SMILES string of the molecule is CN(Cc1ccc(Cl)cc1)c1cccc(F)c1CN. The summed E-state index contributed by atoms with van der Waals surface area (Å²) in [5.41, 5.74) is 8.09. The number of nitrogens with zero attached hydrogens (tertiary/aromatic N) is 1. The summed E-state index contributed by atoms with van der Waals surface area (Å²) in [5, 5.41) is 0.708. The van der Waals surface area contributed by atoms with Gasteiger partial charge in [-0.25, -0.2) is 4.39 Å². The van der Waals surface area contributed by atoms with Crippen LogP contribution >= 0.6 is 11.6 Å². The number of nitrogens with two attached hydrogens (primary N) is 1. The molecule has 100 valence electrons. The molecule has 2 nitrogen and oxygen atoms in total. The van der Waals surface area contributed by atoms with Gasteiger partial charge in [-0.2, -0.15) is 0 Å². The summed E-state index contributed by atoms with van der Waals surface area (Å²) >= 11 is 5.85. The zero-order chi connectivity index (χ0) is 13.8. The average Bonchev–Trinajstić information content (AvgIpc) is 2.41. The van der Waals surface area contributed by atoms with Crippen LogP contribution in [0.2, 0.25) is 5.02 Å². The van der Waals surface area contributed by atoms with Gasteiger partial charge in [0.05, 0.1) is 0 Å². The van der Waals surface area contributed by atoms with Crippen LogP contribution in [-0.4, -0.2) is 7.05 Å². The van der Waals surface area contributed by atoms with E-state index in [-0.39, 0.29) is 12.4 Å². The molecule has 0 aliphatic carbocycles. The van der Waals surface area contributed by atoms with Crippen molar-refractivity contribution in [2.45, 2.75) is 13.1 Å². The highest BCUT2D eigenvalue weighted by atomic mass is 35.5. The Bertz CT molecular complexity index is 555. The molecule has 0 unspecified atom stereocenters. The fourth-order valence-electron chi connectivity index (χ4n) is 2.06. The fourth-order valence-corrected chi connectivity index (χ4v) is 2.18. The van der Waals surface area contributed by atoms with E-state index in [2.05, 4.69) is 0 Å². The minimum Gasteiger partial charge on any atom is -0.370 e. The molecule has 2 aromatic rings. The van der Waals surface area contributed by atoms with Gasteiger partial charge >= 0.3 is 0 Å². The second kappa shape index (κ2) is 6.04. The molecule has 2 N–H and O–H groups in total. The van der Waals surface area contributed by atoms with E-state index < -0.39 is 0 Å². The highest BCUT2D eigenvalue weighted by molar-refractivity contribution is 6.30. The van der Waals surface area contributed by atoms with Gasteiger partial charge in [0, 0.05) is 36.4 Å². The van der Waals surface area contributed by atoms with Crippen LogP contribution in [0.25, 0.3) is 0 Å². The molecule has 0 aliphatic rings. The van der Waals surface area contributed by atoms with Crippen LogP contribution in [0, 0.1) is 5.82 Å². The molecular formula is C15H16ClFN2. The van der Waals surface area contributed by atoms with E-state index >= 15 is 0 Å². The van der Waals surface area contributed by atoms with Crippen molar-refractivity contribution in [2.24, 2.45) is 5.73 Å². The van der Waals surface area contributed by atoms with Crippen LogP contribution in [0.5, 0.6) is 0 Å². The standard InChI is InChI=1S/C15H16ClFN2/c1-19(10-11-5-7-12(16)8-6-11)15-4-2-3-14(17)13(15)9-18/h2-8H,9-10,18H2,1H3. The van der Waals surface area contributed by atoms with Gasteiger partial charge in [-0.3, -0.25) is 0 Å². The number of anilines is 1. The summed E-state index contributed by atoms with van der Waals surface area (Å²) < 4.78 is 13.7. The minimum absolute atomic E-state index is 0.187. The van der Waals surface area contributed by atoms with Crippen molar-refractivity contribution in [1.29, 1.82) is 0 Å². The third-order valence-corrected chi connectivity index (χ3v) is 3.29. The van der Waals surface area contributed by atoms with Gasteiger partial charge in [-0.1, -0.05) is 29.8 Å². The minimum atomic E-state index is -0.261. The number of rotatable bonds is 4.